The van der Waals surface area contributed by atoms with E-state index in [1.165, 1.54) is 0 Å². The van der Waals surface area contributed by atoms with Gasteiger partial charge in [0, 0.05) is 12.1 Å². The van der Waals surface area contributed by atoms with Crippen molar-refractivity contribution in [3.8, 4) is 11.8 Å². The van der Waals surface area contributed by atoms with Crippen LogP contribution in [0.4, 0.5) is 5.82 Å². The number of carbonyl (C=O) groups excluding carboxylic acids is 1. The highest BCUT2D eigenvalue weighted by Crippen LogP contribution is 2.21. The Balaban J connectivity index is 1.64. The molecule has 0 aliphatic heterocycles. The maximum atomic E-state index is 12.4. The van der Waals surface area contributed by atoms with Crippen LogP contribution in [-0.4, -0.2) is 22.2 Å². The summed E-state index contributed by atoms with van der Waals surface area (Å²) < 4.78 is 1.59. The summed E-state index contributed by atoms with van der Waals surface area (Å²) >= 11 is 0. The summed E-state index contributed by atoms with van der Waals surface area (Å²) in [7, 11) is 0. The predicted molar refractivity (Wildman–Crippen MR) is 109 cm³/mol. The highest BCUT2D eigenvalue weighted by Gasteiger charge is 2.16. The van der Waals surface area contributed by atoms with Gasteiger partial charge in [0.05, 0.1) is 11.4 Å². The molecular weight excluding hydrogens is 350 g/mol. The van der Waals surface area contributed by atoms with Crippen molar-refractivity contribution in [3.63, 3.8) is 0 Å². The highest BCUT2D eigenvalue weighted by molar-refractivity contribution is 5.95. The van der Waals surface area contributed by atoms with E-state index < -0.39 is 0 Å². The van der Waals surface area contributed by atoms with Gasteiger partial charge < -0.3 is 11.1 Å². The summed E-state index contributed by atoms with van der Waals surface area (Å²) in [4.78, 5) is 12.4. The van der Waals surface area contributed by atoms with Gasteiger partial charge in [-0.3, -0.25) is 4.79 Å². The van der Waals surface area contributed by atoms with Crippen LogP contribution in [0.25, 0.3) is 5.69 Å². The van der Waals surface area contributed by atoms with Gasteiger partial charge in [0.15, 0.2) is 0 Å². The zero-order chi connectivity index (χ0) is 20.1. The zero-order valence-corrected chi connectivity index (χ0v) is 16.1. The fourth-order valence-corrected chi connectivity index (χ4v) is 3.16. The molecule has 1 heterocycles. The van der Waals surface area contributed by atoms with E-state index in [1.54, 1.807) is 4.68 Å². The minimum absolute atomic E-state index is 0.0904. The molecule has 0 saturated heterocycles. The second kappa shape index (κ2) is 8.40. The van der Waals surface area contributed by atoms with Gasteiger partial charge in [-0.05, 0) is 50.5 Å². The number of hydrogen-bond acceptors (Lipinski definition) is 4. The molecule has 3 N–H and O–H groups in total. The third-order valence-electron chi connectivity index (χ3n) is 4.61. The molecule has 3 rings (SSSR count). The smallest absolute Gasteiger partial charge is 0.251 e. The fourth-order valence-electron chi connectivity index (χ4n) is 3.16. The Labute approximate surface area is 164 Å². The van der Waals surface area contributed by atoms with Crippen LogP contribution in [-0.2, 0) is 6.42 Å². The number of amides is 1. The van der Waals surface area contributed by atoms with E-state index >= 15 is 0 Å². The van der Waals surface area contributed by atoms with Crippen molar-refractivity contribution >= 4 is 11.7 Å². The minimum atomic E-state index is -0.0904. The van der Waals surface area contributed by atoms with E-state index in [2.05, 4.69) is 16.5 Å². The van der Waals surface area contributed by atoms with Gasteiger partial charge in [0.25, 0.3) is 5.91 Å². The number of nitrogens with zero attached hydrogens (tertiary/aromatic N) is 3. The molecule has 0 saturated carbocycles. The van der Waals surface area contributed by atoms with Crippen molar-refractivity contribution in [2.24, 2.45) is 0 Å². The second-order valence-electron chi connectivity index (χ2n) is 6.74. The first-order chi connectivity index (χ1) is 13.5. The van der Waals surface area contributed by atoms with Gasteiger partial charge in [-0.2, -0.15) is 10.4 Å². The number of aromatic nitrogens is 2. The molecule has 0 fully saturated rings. The third kappa shape index (κ3) is 4.04. The number of para-hydroxylation sites is 1. The Morgan fingerprint density at radius 2 is 1.96 bits per heavy atom. The first-order valence-electron chi connectivity index (χ1n) is 9.19. The van der Waals surface area contributed by atoms with Crippen LogP contribution < -0.4 is 11.1 Å². The van der Waals surface area contributed by atoms with Crippen LogP contribution >= 0.6 is 0 Å². The topological polar surface area (TPSA) is 96.7 Å². The van der Waals surface area contributed by atoms with Crippen LogP contribution in [0.15, 0.2) is 48.5 Å². The molecule has 0 radical (unpaired) electrons. The molecule has 6 heteroatoms. The van der Waals surface area contributed by atoms with E-state index in [0.717, 1.165) is 16.8 Å². The van der Waals surface area contributed by atoms with Crippen LogP contribution in [0.2, 0.25) is 0 Å². The summed E-state index contributed by atoms with van der Waals surface area (Å²) in [5, 5.41) is 16.9. The van der Waals surface area contributed by atoms with E-state index in [-0.39, 0.29) is 5.91 Å². The standard InChI is InChI=1S/C22H23N5O/c1-15-10-11-18(16(2)13-15)22(28)25-12-6-9-20-19(14-23)21(24)27(26-20)17-7-4-3-5-8-17/h3-5,7-8,10-11,13H,6,9,12,24H2,1-2H3,(H,25,28). The Morgan fingerprint density at radius 3 is 2.64 bits per heavy atom. The Kier molecular flexibility index (Phi) is 5.75. The molecule has 0 unspecified atom stereocenters. The van der Waals surface area contributed by atoms with Gasteiger partial charge in [-0.15, -0.1) is 0 Å². The summed E-state index contributed by atoms with van der Waals surface area (Å²) in [5.74, 6) is 0.246. The number of nitriles is 1. The lowest BCUT2D eigenvalue weighted by molar-refractivity contribution is 0.0952. The molecule has 0 atom stereocenters. The molecule has 28 heavy (non-hydrogen) atoms. The minimum Gasteiger partial charge on any atom is -0.382 e. The Bertz CT molecular complexity index is 1030. The van der Waals surface area contributed by atoms with Crippen molar-refractivity contribution in [1.29, 1.82) is 5.26 Å². The number of hydrogen-bond donors (Lipinski definition) is 2. The molecule has 142 valence electrons. The number of aryl methyl sites for hydroxylation is 3. The van der Waals surface area contributed by atoms with Gasteiger partial charge in [0.2, 0.25) is 0 Å². The first kappa shape index (κ1) is 19.2. The molecule has 1 aromatic heterocycles. The van der Waals surface area contributed by atoms with E-state index in [4.69, 9.17) is 5.73 Å². The maximum absolute atomic E-state index is 12.4. The molecule has 0 bridgehead atoms. The van der Waals surface area contributed by atoms with Crippen molar-refractivity contribution in [2.45, 2.75) is 26.7 Å². The molecule has 0 spiro atoms. The van der Waals surface area contributed by atoms with Gasteiger partial charge in [-0.1, -0.05) is 35.9 Å². The quantitative estimate of drug-likeness (QED) is 0.648. The van der Waals surface area contributed by atoms with Crippen LogP contribution in [0.3, 0.4) is 0 Å². The summed E-state index contributed by atoms with van der Waals surface area (Å²) in [6.07, 6.45) is 1.22. The molecule has 0 aliphatic rings. The van der Waals surface area contributed by atoms with Crippen molar-refractivity contribution in [1.82, 2.24) is 15.1 Å². The molecule has 6 nitrogen and oxygen atoms in total. The number of nitrogens with one attached hydrogen (secondary N) is 1. The van der Waals surface area contributed by atoms with E-state index in [1.807, 2.05) is 62.4 Å². The average Bonchev–Trinajstić information content (AvgIpc) is 3.01. The summed E-state index contributed by atoms with van der Waals surface area (Å²) in [6.45, 7) is 4.43. The lowest BCUT2D eigenvalue weighted by atomic mass is 10.1. The SMILES string of the molecule is Cc1ccc(C(=O)NCCCc2nn(-c3ccccc3)c(N)c2C#N)c(C)c1. The second-order valence-corrected chi connectivity index (χ2v) is 6.74. The third-order valence-corrected chi connectivity index (χ3v) is 4.61. The monoisotopic (exact) mass is 373 g/mol. The summed E-state index contributed by atoms with van der Waals surface area (Å²) in [6, 6.07) is 17.4. The van der Waals surface area contributed by atoms with Crippen LogP contribution in [0.1, 0.15) is 39.2 Å². The van der Waals surface area contributed by atoms with E-state index in [9.17, 15) is 10.1 Å². The van der Waals surface area contributed by atoms with Crippen molar-refractivity contribution in [3.05, 3.63) is 76.5 Å². The van der Waals surface area contributed by atoms with Crippen LogP contribution in [0.5, 0.6) is 0 Å². The lowest BCUT2D eigenvalue weighted by Gasteiger charge is -2.08. The number of nitrogen functional groups attached to an aromatic ring is 1. The van der Waals surface area contributed by atoms with Crippen molar-refractivity contribution < 1.29 is 4.79 Å². The number of anilines is 1. The first-order valence-corrected chi connectivity index (χ1v) is 9.19. The maximum Gasteiger partial charge on any atom is 0.251 e. The number of rotatable bonds is 6. The Hall–Kier alpha value is -3.59. The summed E-state index contributed by atoms with van der Waals surface area (Å²) in [5.41, 5.74) is 10.7. The van der Waals surface area contributed by atoms with Crippen molar-refractivity contribution in [2.75, 3.05) is 12.3 Å². The molecule has 0 aliphatic carbocycles. The van der Waals surface area contributed by atoms with Gasteiger partial charge >= 0.3 is 0 Å². The number of carbonyl (C=O) groups is 1. The predicted octanol–water partition coefficient (Wildman–Crippen LogP) is 3.31. The lowest BCUT2D eigenvalue weighted by Crippen LogP contribution is -2.25. The average molecular weight is 373 g/mol. The van der Waals surface area contributed by atoms with Gasteiger partial charge in [-0.25, -0.2) is 4.68 Å². The van der Waals surface area contributed by atoms with Gasteiger partial charge in [0.1, 0.15) is 17.5 Å². The van der Waals surface area contributed by atoms with E-state index in [0.29, 0.717) is 42.0 Å². The largest absolute Gasteiger partial charge is 0.382 e. The molecular formula is C22H23N5O. The Morgan fingerprint density at radius 1 is 1.21 bits per heavy atom. The number of nitrogens with two attached hydrogens (primary N) is 1. The fraction of sp³-hybridized carbons (Fsp3) is 0.227. The zero-order valence-electron chi connectivity index (χ0n) is 16.1. The highest BCUT2D eigenvalue weighted by atomic mass is 16.1. The molecule has 2 aromatic carbocycles. The molecule has 1 amide bonds. The molecule has 3 aromatic rings. The normalized spacial score (nSPS) is 10.5. The van der Waals surface area contributed by atoms with Crippen LogP contribution in [0, 0.1) is 25.2 Å². The number of benzene rings is 2.